The van der Waals surface area contributed by atoms with Crippen molar-refractivity contribution in [3.8, 4) is 0 Å². The van der Waals surface area contributed by atoms with Gasteiger partial charge in [-0.2, -0.15) is 0 Å². The highest BCUT2D eigenvalue weighted by Crippen LogP contribution is 2.16. The lowest BCUT2D eigenvalue weighted by Gasteiger charge is -2.22. The number of hydrogen-bond donors (Lipinski definition) is 1. The zero-order valence-corrected chi connectivity index (χ0v) is 13.4. The number of esters is 1. The Balaban J connectivity index is 3.80. The molecule has 1 amide bonds. The highest BCUT2D eigenvalue weighted by atomic mass is 16.7. The van der Waals surface area contributed by atoms with Gasteiger partial charge in [0.05, 0.1) is 13.2 Å². The third-order valence-corrected chi connectivity index (χ3v) is 2.39. The second kappa shape index (κ2) is 9.20. The smallest absolute Gasteiger partial charge is 0.465 e. The molecule has 0 aromatic rings. The molecule has 0 fully saturated rings. The second-order valence-corrected chi connectivity index (χ2v) is 5.78. The van der Waals surface area contributed by atoms with Crippen LogP contribution in [0.4, 0.5) is 4.79 Å². The normalized spacial score (nSPS) is 11.0. The number of carbonyl (C=O) groups excluding carboxylic acids is 3. The van der Waals surface area contributed by atoms with Gasteiger partial charge in [-0.15, -0.1) is 0 Å². The Hall–Kier alpha value is -1.79. The summed E-state index contributed by atoms with van der Waals surface area (Å²) in [5.41, 5.74) is -0.490. The number of ether oxygens (including phenoxy) is 3. The van der Waals surface area contributed by atoms with Gasteiger partial charge in [0.2, 0.25) is 5.91 Å². The van der Waals surface area contributed by atoms with E-state index >= 15 is 0 Å². The SMILES string of the molecule is CC(=O)OCC(C)(C)COC(=O)OCCNC(=O)C(C)C. The predicted molar refractivity (Wildman–Crippen MR) is 75.6 cm³/mol. The minimum atomic E-state index is -0.815. The first-order valence-corrected chi connectivity index (χ1v) is 6.84. The van der Waals surface area contributed by atoms with Gasteiger partial charge in [-0.3, -0.25) is 9.59 Å². The van der Waals surface area contributed by atoms with Crippen molar-refractivity contribution in [1.82, 2.24) is 5.32 Å². The van der Waals surface area contributed by atoms with Gasteiger partial charge in [-0.25, -0.2) is 4.79 Å². The van der Waals surface area contributed by atoms with Gasteiger partial charge in [0.15, 0.2) is 0 Å². The molecule has 0 aliphatic carbocycles. The van der Waals surface area contributed by atoms with Crippen LogP contribution in [0.5, 0.6) is 0 Å². The zero-order chi connectivity index (χ0) is 16.5. The van der Waals surface area contributed by atoms with Gasteiger partial charge in [0, 0.05) is 18.3 Å². The first kappa shape index (κ1) is 19.2. The Morgan fingerprint density at radius 2 is 1.62 bits per heavy atom. The summed E-state index contributed by atoms with van der Waals surface area (Å²) < 4.78 is 14.6. The van der Waals surface area contributed by atoms with Crippen LogP contribution in [-0.4, -0.2) is 44.4 Å². The Labute approximate surface area is 125 Å². The van der Waals surface area contributed by atoms with Gasteiger partial charge in [-0.1, -0.05) is 27.7 Å². The van der Waals surface area contributed by atoms with Crippen molar-refractivity contribution in [2.24, 2.45) is 11.3 Å². The topological polar surface area (TPSA) is 90.9 Å². The highest BCUT2D eigenvalue weighted by molar-refractivity contribution is 5.77. The number of carbonyl (C=O) groups is 3. The lowest BCUT2D eigenvalue weighted by atomic mass is 9.96. The Morgan fingerprint density at radius 3 is 2.14 bits per heavy atom. The molecule has 1 N–H and O–H groups in total. The van der Waals surface area contributed by atoms with Crippen LogP contribution in [0, 0.1) is 11.3 Å². The maximum Gasteiger partial charge on any atom is 0.508 e. The molecule has 0 aliphatic rings. The average molecular weight is 303 g/mol. The van der Waals surface area contributed by atoms with Crippen molar-refractivity contribution in [2.45, 2.75) is 34.6 Å². The van der Waals surface area contributed by atoms with Crippen LogP contribution in [0.25, 0.3) is 0 Å². The number of amides is 1. The third-order valence-electron chi connectivity index (χ3n) is 2.39. The summed E-state index contributed by atoms with van der Waals surface area (Å²) in [5, 5.41) is 2.61. The molecule has 122 valence electrons. The van der Waals surface area contributed by atoms with Gasteiger partial charge < -0.3 is 19.5 Å². The number of hydrogen-bond acceptors (Lipinski definition) is 6. The van der Waals surface area contributed by atoms with E-state index in [4.69, 9.17) is 14.2 Å². The molecule has 0 aromatic carbocycles. The summed E-state index contributed by atoms with van der Waals surface area (Å²) in [6.07, 6.45) is -0.815. The van der Waals surface area contributed by atoms with E-state index in [9.17, 15) is 14.4 Å². The van der Waals surface area contributed by atoms with E-state index in [1.54, 1.807) is 27.7 Å². The Bertz CT molecular complexity index is 364. The summed E-state index contributed by atoms with van der Waals surface area (Å²) in [5.74, 6) is -0.597. The molecule has 21 heavy (non-hydrogen) atoms. The molecule has 0 saturated carbocycles. The van der Waals surface area contributed by atoms with Gasteiger partial charge >= 0.3 is 12.1 Å². The summed E-state index contributed by atoms with van der Waals surface area (Å²) in [6.45, 7) is 8.96. The fraction of sp³-hybridized carbons (Fsp3) is 0.786. The first-order chi connectivity index (χ1) is 9.64. The van der Waals surface area contributed by atoms with Crippen LogP contribution in [-0.2, 0) is 23.8 Å². The van der Waals surface area contributed by atoms with Gasteiger partial charge in [0.25, 0.3) is 0 Å². The molecule has 0 bridgehead atoms. The predicted octanol–water partition coefficient (Wildman–Crippen LogP) is 1.50. The zero-order valence-electron chi connectivity index (χ0n) is 13.4. The van der Waals surface area contributed by atoms with E-state index in [2.05, 4.69) is 5.32 Å². The van der Waals surface area contributed by atoms with Crippen LogP contribution in [0.2, 0.25) is 0 Å². The molecule has 0 heterocycles. The number of rotatable bonds is 8. The van der Waals surface area contributed by atoms with Gasteiger partial charge in [-0.05, 0) is 0 Å². The molecule has 0 atom stereocenters. The van der Waals surface area contributed by atoms with E-state index < -0.39 is 11.6 Å². The molecule has 0 aliphatic heterocycles. The minimum absolute atomic E-state index is 0.0433. The van der Waals surface area contributed by atoms with Crippen molar-refractivity contribution < 1.29 is 28.6 Å². The van der Waals surface area contributed by atoms with Crippen LogP contribution in [0.15, 0.2) is 0 Å². The molecule has 0 saturated heterocycles. The third kappa shape index (κ3) is 10.6. The van der Waals surface area contributed by atoms with Crippen molar-refractivity contribution in [3.63, 3.8) is 0 Å². The van der Waals surface area contributed by atoms with Crippen molar-refractivity contribution in [1.29, 1.82) is 0 Å². The quantitative estimate of drug-likeness (QED) is 0.540. The maximum absolute atomic E-state index is 11.3. The Morgan fingerprint density at radius 1 is 1.05 bits per heavy atom. The summed E-state index contributed by atoms with van der Waals surface area (Å²) >= 11 is 0. The molecule has 0 rings (SSSR count). The van der Waals surface area contributed by atoms with E-state index in [1.165, 1.54) is 6.92 Å². The summed E-state index contributed by atoms with van der Waals surface area (Å²) in [6, 6.07) is 0. The lowest BCUT2D eigenvalue weighted by Crippen LogP contribution is -2.32. The van der Waals surface area contributed by atoms with Crippen LogP contribution < -0.4 is 5.32 Å². The molecule has 7 heteroatoms. The van der Waals surface area contributed by atoms with Crippen molar-refractivity contribution in [3.05, 3.63) is 0 Å². The summed E-state index contributed by atoms with van der Waals surface area (Å²) in [7, 11) is 0. The monoisotopic (exact) mass is 303 g/mol. The van der Waals surface area contributed by atoms with E-state index in [0.717, 1.165) is 0 Å². The van der Waals surface area contributed by atoms with E-state index in [1.807, 2.05) is 0 Å². The molecule has 0 unspecified atom stereocenters. The molecule has 0 aromatic heterocycles. The average Bonchev–Trinajstić information content (AvgIpc) is 2.39. The highest BCUT2D eigenvalue weighted by Gasteiger charge is 2.22. The molecule has 7 nitrogen and oxygen atoms in total. The first-order valence-electron chi connectivity index (χ1n) is 6.84. The Kier molecular flexibility index (Phi) is 8.42. The second-order valence-electron chi connectivity index (χ2n) is 5.78. The fourth-order valence-electron chi connectivity index (χ4n) is 1.15. The van der Waals surface area contributed by atoms with Crippen molar-refractivity contribution in [2.75, 3.05) is 26.4 Å². The maximum atomic E-state index is 11.3. The van der Waals surface area contributed by atoms with Crippen LogP contribution in [0.3, 0.4) is 0 Å². The largest absolute Gasteiger partial charge is 0.508 e. The van der Waals surface area contributed by atoms with Crippen LogP contribution >= 0.6 is 0 Å². The minimum Gasteiger partial charge on any atom is -0.465 e. The molecule has 0 spiro atoms. The molecular weight excluding hydrogens is 278 g/mol. The van der Waals surface area contributed by atoms with Crippen LogP contribution in [0.1, 0.15) is 34.6 Å². The van der Waals surface area contributed by atoms with E-state index in [0.29, 0.717) is 0 Å². The molecule has 0 radical (unpaired) electrons. The standard InChI is InChI=1S/C14H25NO6/c1-10(2)12(17)15-6-7-19-13(18)21-9-14(4,5)8-20-11(3)16/h10H,6-9H2,1-5H3,(H,15,17). The van der Waals surface area contributed by atoms with E-state index in [-0.39, 0.29) is 44.2 Å². The molecular formula is C14H25NO6. The summed E-state index contributed by atoms with van der Waals surface area (Å²) in [4.78, 5) is 33.3. The van der Waals surface area contributed by atoms with Gasteiger partial charge in [0.1, 0.15) is 13.2 Å². The number of nitrogens with one attached hydrogen (secondary N) is 1. The van der Waals surface area contributed by atoms with Crippen molar-refractivity contribution >= 4 is 18.0 Å². The lowest BCUT2D eigenvalue weighted by molar-refractivity contribution is -0.144. The fourth-order valence-corrected chi connectivity index (χ4v) is 1.15.